The van der Waals surface area contributed by atoms with Crippen molar-refractivity contribution in [2.45, 2.75) is 147 Å². The molecule has 1 saturated heterocycles. The molecule has 312 valence electrons. The molecule has 1 aromatic carbocycles. The van der Waals surface area contributed by atoms with Gasteiger partial charge >= 0.3 is 5.97 Å². The van der Waals surface area contributed by atoms with Crippen LogP contribution in [0.3, 0.4) is 0 Å². The number of likely N-dealkylation sites (N-methyl/N-ethyl adjacent to an activating group) is 1. The zero-order valence-corrected chi connectivity index (χ0v) is 34.7. The number of rotatable bonds is 17. The molecule has 2 saturated carbocycles. The number of anilines is 4. The fourth-order valence-corrected chi connectivity index (χ4v) is 8.89. The third-order valence-electron chi connectivity index (χ3n) is 12.1. The predicted molar refractivity (Wildman–Crippen MR) is 221 cm³/mol. The summed E-state index contributed by atoms with van der Waals surface area (Å²) in [5, 5.41) is 9.46. The quantitative estimate of drug-likeness (QED) is 0.125. The van der Waals surface area contributed by atoms with Gasteiger partial charge in [-0.15, -0.1) is 0 Å². The second-order valence-electron chi connectivity index (χ2n) is 16.7. The predicted octanol–water partition coefficient (Wildman–Crippen LogP) is 6.11. The second kappa shape index (κ2) is 19.8. The molecular weight excluding hydrogens is 725 g/mol. The highest BCUT2D eigenvalue weighted by Gasteiger charge is 2.41. The molecule has 2 aliphatic carbocycles. The van der Waals surface area contributed by atoms with Gasteiger partial charge in [0.25, 0.3) is 5.91 Å². The highest BCUT2D eigenvalue weighted by Crippen LogP contribution is 2.40. The number of amides is 3. The van der Waals surface area contributed by atoms with E-state index in [0.29, 0.717) is 47.9 Å². The first-order chi connectivity index (χ1) is 27.5. The van der Waals surface area contributed by atoms with Crippen molar-refractivity contribution in [3.63, 3.8) is 0 Å². The minimum Gasteiger partial charge on any atom is -0.495 e. The van der Waals surface area contributed by atoms with Gasteiger partial charge in [0.1, 0.15) is 29.6 Å². The van der Waals surface area contributed by atoms with E-state index in [4.69, 9.17) is 14.5 Å². The summed E-state index contributed by atoms with van der Waals surface area (Å²) >= 11 is 0. The molecule has 2 aliphatic heterocycles. The van der Waals surface area contributed by atoms with Crippen LogP contribution in [0.4, 0.5) is 23.1 Å². The van der Waals surface area contributed by atoms with Crippen molar-refractivity contribution in [1.29, 1.82) is 0 Å². The summed E-state index contributed by atoms with van der Waals surface area (Å²) in [6, 6.07) is 4.81. The van der Waals surface area contributed by atoms with E-state index in [1.807, 2.05) is 26.8 Å². The number of hydrogen-bond acceptors (Lipinski definition) is 11. The first-order valence-corrected chi connectivity index (χ1v) is 21.5. The summed E-state index contributed by atoms with van der Waals surface area (Å²) in [6.45, 7) is 8.77. The number of nitrogens with zero attached hydrogens (tertiary/aromatic N) is 5. The van der Waals surface area contributed by atoms with Crippen LogP contribution in [0.25, 0.3) is 0 Å². The topological polar surface area (TPSA) is 158 Å². The molecule has 14 nitrogen and oxygen atoms in total. The molecule has 2 atom stereocenters. The van der Waals surface area contributed by atoms with Crippen molar-refractivity contribution >= 4 is 46.8 Å². The Bertz CT molecular complexity index is 1700. The van der Waals surface area contributed by atoms with Crippen molar-refractivity contribution < 1.29 is 28.7 Å². The maximum atomic E-state index is 13.4. The van der Waals surface area contributed by atoms with Crippen LogP contribution in [0, 0.1) is 5.92 Å². The number of aromatic nitrogens is 2. The summed E-state index contributed by atoms with van der Waals surface area (Å²) in [6.07, 6.45) is 15.1. The SMILES string of the molecule is CC[C@@H]1C(=O)N(C)c2cnc(Nc3ccc(C(=O)NC4CCN(CCCCC(=O)N[C@@H](CC(C)C)C(=O)OC5CCCC5)CC4)cc3OC)nc2N1C1CCCC1. The van der Waals surface area contributed by atoms with Crippen molar-refractivity contribution in [2.75, 3.05) is 48.9 Å². The van der Waals surface area contributed by atoms with E-state index >= 15 is 0 Å². The van der Waals surface area contributed by atoms with Crippen LogP contribution in [0.5, 0.6) is 5.75 Å². The Morgan fingerprint density at radius 1 is 0.982 bits per heavy atom. The molecule has 14 heteroatoms. The lowest BCUT2D eigenvalue weighted by molar-refractivity contribution is -0.153. The lowest BCUT2D eigenvalue weighted by Crippen LogP contribution is -2.55. The van der Waals surface area contributed by atoms with E-state index in [-0.39, 0.29) is 53.8 Å². The van der Waals surface area contributed by atoms with Gasteiger partial charge in [0, 0.05) is 44.2 Å². The molecule has 0 unspecified atom stereocenters. The largest absolute Gasteiger partial charge is 0.495 e. The van der Waals surface area contributed by atoms with Gasteiger partial charge in [0.05, 0.1) is 19.0 Å². The first kappa shape index (κ1) is 42.2. The van der Waals surface area contributed by atoms with E-state index < -0.39 is 6.04 Å². The number of methoxy groups -OCH3 is 1. The van der Waals surface area contributed by atoms with Gasteiger partial charge in [-0.2, -0.15) is 4.98 Å². The molecular formula is C43H64N8O6. The minimum atomic E-state index is -0.587. The number of esters is 1. The Hall–Kier alpha value is -4.46. The Labute approximate surface area is 338 Å². The van der Waals surface area contributed by atoms with Crippen LogP contribution in [0.15, 0.2) is 24.4 Å². The van der Waals surface area contributed by atoms with Crippen molar-refractivity contribution in [3.8, 4) is 5.75 Å². The van der Waals surface area contributed by atoms with Gasteiger partial charge < -0.3 is 40.1 Å². The number of carbonyl (C=O) groups is 4. The monoisotopic (exact) mass is 788 g/mol. The van der Waals surface area contributed by atoms with Crippen LogP contribution in [-0.2, 0) is 19.1 Å². The molecule has 0 spiro atoms. The summed E-state index contributed by atoms with van der Waals surface area (Å²) < 4.78 is 11.4. The highest BCUT2D eigenvalue weighted by atomic mass is 16.5. The summed E-state index contributed by atoms with van der Waals surface area (Å²) in [7, 11) is 3.36. The number of ether oxygens (including phenoxy) is 2. The molecule has 0 bridgehead atoms. The van der Waals surface area contributed by atoms with E-state index in [2.05, 4.69) is 30.7 Å². The molecule has 0 radical (unpaired) electrons. The number of likely N-dealkylation sites (tertiary alicyclic amines) is 1. The van der Waals surface area contributed by atoms with Crippen molar-refractivity contribution in [2.24, 2.45) is 5.92 Å². The van der Waals surface area contributed by atoms with Gasteiger partial charge in [0.15, 0.2) is 5.82 Å². The first-order valence-electron chi connectivity index (χ1n) is 21.5. The van der Waals surface area contributed by atoms with Crippen molar-refractivity contribution in [1.82, 2.24) is 25.5 Å². The summed E-state index contributed by atoms with van der Waals surface area (Å²) in [4.78, 5) is 68.0. The lowest BCUT2D eigenvalue weighted by Gasteiger charge is -2.43. The zero-order valence-electron chi connectivity index (χ0n) is 34.7. The number of hydrogen-bond donors (Lipinski definition) is 3. The summed E-state index contributed by atoms with van der Waals surface area (Å²) in [5.74, 6) is 1.46. The number of piperidine rings is 1. The molecule has 57 heavy (non-hydrogen) atoms. The lowest BCUT2D eigenvalue weighted by atomic mass is 10.0. The second-order valence-corrected chi connectivity index (χ2v) is 16.7. The molecule has 3 fully saturated rings. The van der Waals surface area contributed by atoms with Gasteiger partial charge in [-0.25, -0.2) is 9.78 Å². The number of carbonyl (C=O) groups excluding carboxylic acids is 4. The van der Waals surface area contributed by atoms with E-state index in [1.165, 1.54) is 0 Å². The number of nitrogens with one attached hydrogen (secondary N) is 3. The standard InChI is InChI=1S/C43H64N8O6/c1-6-35-41(54)49(4)36-27-44-43(48-39(36)51(35)31-13-7-8-14-31)47-33-19-18-29(26-37(33)56-5)40(53)45-30-20-23-50(24-21-30)22-12-11-17-38(52)46-34(25-28(2)3)42(55)57-32-15-9-10-16-32/h18-19,26-28,30-32,34-35H,6-17,20-25H2,1-5H3,(H,45,53)(H,46,52)(H,44,47,48)/t34-,35+/m0/s1. The smallest absolute Gasteiger partial charge is 0.328 e. The normalized spacial score (nSPS) is 20.1. The van der Waals surface area contributed by atoms with Crippen LogP contribution >= 0.6 is 0 Å². The van der Waals surface area contributed by atoms with E-state index in [9.17, 15) is 19.2 Å². The maximum Gasteiger partial charge on any atom is 0.328 e. The average molecular weight is 789 g/mol. The third-order valence-corrected chi connectivity index (χ3v) is 12.1. The van der Waals surface area contributed by atoms with Gasteiger partial charge in [-0.1, -0.05) is 33.6 Å². The zero-order chi connectivity index (χ0) is 40.5. The molecule has 3 amide bonds. The van der Waals surface area contributed by atoms with Gasteiger partial charge in [-0.3, -0.25) is 14.4 Å². The van der Waals surface area contributed by atoms with Crippen LogP contribution in [0.2, 0.25) is 0 Å². The van der Waals surface area contributed by atoms with E-state index in [1.54, 1.807) is 37.4 Å². The number of unbranched alkanes of at least 4 members (excludes halogenated alkanes) is 1. The van der Waals surface area contributed by atoms with Gasteiger partial charge in [-0.05, 0) is 108 Å². The number of benzene rings is 1. The maximum absolute atomic E-state index is 13.4. The molecule has 1 aromatic heterocycles. The molecule has 3 N–H and O–H groups in total. The van der Waals surface area contributed by atoms with Crippen molar-refractivity contribution in [3.05, 3.63) is 30.0 Å². The molecule has 2 aromatic rings. The minimum absolute atomic E-state index is 0.0113. The molecule has 4 aliphatic rings. The fraction of sp³-hybridized carbons (Fsp3) is 0.674. The average Bonchev–Trinajstić information content (AvgIpc) is 3.93. The molecule has 6 rings (SSSR count). The third kappa shape index (κ3) is 10.7. The Morgan fingerprint density at radius 2 is 1.70 bits per heavy atom. The van der Waals surface area contributed by atoms with Crippen LogP contribution < -0.4 is 30.5 Å². The molecule has 3 heterocycles. The van der Waals surface area contributed by atoms with Gasteiger partial charge in [0.2, 0.25) is 17.8 Å². The highest BCUT2D eigenvalue weighted by molar-refractivity contribution is 6.04. The summed E-state index contributed by atoms with van der Waals surface area (Å²) in [5.41, 5.74) is 1.85. The van der Waals surface area contributed by atoms with Crippen LogP contribution in [0.1, 0.15) is 127 Å². The van der Waals surface area contributed by atoms with Crippen LogP contribution in [-0.4, -0.2) is 103 Å². The Morgan fingerprint density at radius 3 is 2.39 bits per heavy atom. The van der Waals surface area contributed by atoms with E-state index in [0.717, 1.165) is 103 Å². The number of fused-ring (bicyclic) bond motifs is 1. The fourth-order valence-electron chi connectivity index (χ4n) is 8.89. The Kier molecular flexibility index (Phi) is 14.6. The Balaban J connectivity index is 0.954.